The van der Waals surface area contributed by atoms with Gasteiger partial charge in [0.25, 0.3) is 0 Å². The molecule has 0 aromatic rings. The summed E-state index contributed by atoms with van der Waals surface area (Å²) in [5, 5.41) is 3.45. The first-order valence-corrected chi connectivity index (χ1v) is 6.81. The summed E-state index contributed by atoms with van der Waals surface area (Å²) in [6.45, 7) is 8.79. The molecule has 1 N–H and O–H groups in total. The van der Waals surface area contributed by atoms with E-state index in [2.05, 4.69) is 17.1 Å². The summed E-state index contributed by atoms with van der Waals surface area (Å²) >= 11 is 0. The van der Waals surface area contributed by atoms with Crippen molar-refractivity contribution in [3.63, 3.8) is 0 Å². The molecule has 1 saturated heterocycles. The van der Waals surface area contributed by atoms with Crippen molar-refractivity contribution in [1.29, 1.82) is 0 Å². The Bertz CT molecular complexity index is 171. The van der Waals surface area contributed by atoms with Gasteiger partial charge in [-0.05, 0) is 70.1 Å². The summed E-state index contributed by atoms with van der Waals surface area (Å²) in [4.78, 5) is 2.65. The molecule has 2 heteroatoms. The van der Waals surface area contributed by atoms with E-state index < -0.39 is 0 Å². The number of hydrogen-bond acceptors (Lipinski definition) is 2. The molecule has 88 valence electrons. The van der Waals surface area contributed by atoms with Crippen molar-refractivity contribution in [2.45, 2.75) is 39.0 Å². The highest BCUT2D eigenvalue weighted by Gasteiger charge is 2.23. The molecule has 1 atom stereocenters. The summed E-state index contributed by atoms with van der Waals surface area (Å²) in [7, 11) is 0. The molecule has 1 aliphatic heterocycles. The van der Waals surface area contributed by atoms with E-state index in [-0.39, 0.29) is 0 Å². The van der Waals surface area contributed by atoms with Gasteiger partial charge in [-0.2, -0.15) is 0 Å². The first kappa shape index (κ1) is 11.4. The molecule has 1 unspecified atom stereocenters. The second kappa shape index (κ2) is 5.86. The molecule has 0 bridgehead atoms. The highest BCUT2D eigenvalue weighted by Crippen LogP contribution is 2.29. The topological polar surface area (TPSA) is 15.3 Å². The van der Waals surface area contributed by atoms with Crippen LogP contribution in [0.1, 0.15) is 39.0 Å². The summed E-state index contributed by atoms with van der Waals surface area (Å²) in [6, 6.07) is 0. The lowest BCUT2D eigenvalue weighted by atomic mass is 10.0. The molecule has 0 spiro atoms. The van der Waals surface area contributed by atoms with Crippen LogP contribution in [-0.4, -0.2) is 37.6 Å². The van der Waals surface area contributed by atoms with Gasteiger partial charge in [0.05, 0.1) is 0 Å². The van der Waals surface area contributed by atoms with Gasteiger partial charge in [0.1, 0.15) is 0 Å². The Morgan fingerprint density at radius 1 is 1.20 bits per heavy atom. The lowest BCUT2D eigenvalue weighted by molar-refractivity contribution is 0.264. The third-order valence-electron chi connectivity index (χ3n) is 3.91. The van der Waals surface area contributed by atoms with Crippen LogP contribution < -0.4 is 5.32 Å². The van der Waals surface area contributed by atoms with E-state index >= 15 is 0 Å². The Hall–Kier alpha value is -0.0800. The van der Waals surface area contributed by atoms with Crippen molar-refractivity contribution in [1.82, 2.24) is 10.2 Å². The Balaban J connectivity index is 1.53. The monoisotopic (exact) mass is 210 g/mol. The predicted octanol–water partition coefficient (Wildman–Crippen LogP) is 2.11. The van der Waals surface area contributed by atoms with Crippen LogP contribution in [0.3, 0.4) is 0 Å². The van der Waals surface area contributed by atoms with Crippen LogP contribution in [0.25, 0.3) is 0 Å². The van der Waals surface area contributed by atoms with Gasteiger partial charge in [0.2, 0.25) is 0 Å². The lowest BCUT2D eigenvalue weighted by Gasteiger charge is -2.20. The minimum atomic E-state index is 0.977. The second-order valence-corrected chi connectivity index (χ2v) is 5.34. The fraction of sp³-hybridized carbons (Fsp3) is 1.00. The van der Waals surface area contributed by atoms with E-state index in [1.807, 2.05) is 0 Å². The van der Waals surface area contributed by atoms with Crippen molar-refractivity contribution in [2.75, 3.05) is 32.7 Å². The van der Waals surface area contributed by atoms with Crippen molar-refractivity contribution in [2.24, 2.45) is 11.8 Å². The largest absolute Gasteiger partial charge is 0.316 e. The highest BCUT2D eigenvalue weighted by atomic mass is 15.1. The average Bonchev–Trinajstić information content (AvgIpc) is 2.91. The molecule has 2 fully saturated rings. The summed E-state index contributed by atoms with van der Waals surface area (Å²) in [6.07, 6.45) is 7.24. The standard InChI is InChI=1S/C13H26N2/c1-2-15(11-13-5-6-13)9-3-4-12-7-8-14-10-12/h12-14H,2-11H2,1H3. The predicted molar refractivity (Wildman–Crippen MR) is 65.0 cm³/mol. The molecular formula is C13H26N2. The normalized spacial score (nSPS) is 26.4. The molecule has 1 heterocycles. The fourth-order valence-corrected chi connectivity index (χ4v) is 2.61. The van der Waals surface area contributed by atoms with Gasteiger partial charge in [0.15, 0.2) is 0 Å². The van der Waals surface area contributed by atoms with Gasteiger partial charge in [-0.1, -0.05) is 6.92 Å². The maximum absolute atomic E-state index is 3.45. The molecule has 2 aliphatic rings. The van der Waals surface area contributed by atoms with Crippen molar-refractivity contribution >= 4 is 0 Å². The minimum absolute atomic E-state index is 0.977. The smallest absolute Gasteiger partial charge is 0.000954 e. The number of rotatable bonds is 7. The van der Waals surface area contributed by atoms with Crippen LogP contribution in [0.15, 0.2) is 0 Å². The van der Waals surface area contributed by atoms with Crippen LogP contribution in [0.2, 0.25) is 0 Å². The van der Waals surface area contributed by atoms with E-state index in [4.69, 9.17) is 0 Å². The van der Waals surface area contributed by atoms with Crippen LogP contribution in [0, 0.1) is 11.8 Å². The SMILES string of the molecule is CCN(CCCC1CCNC1)CC1CC1. The molecular weight excluding hydrogens is 184 g/mol. The number of nitrogens with zero attached hydrogens (tertiary/aromatic N) is 1. The summed E-state index contributed by atoms with van der Waals surface area (Å²) in [5.41, 5.74) is 0. The molecule has 1 aliphatic carbocycles. The lowest BCUT2D eigenvalue weighted by Crippen LogP contribution is -2.27. The zero-order valence-corrected chi connectivity index (χ0v) is 10.2. The van der Waals surface area contributed by atoms with E-state index in [9.17, 15) is 0 Å². The maximum Gasteiger partial charge on any atom is 0.000954 e. The van der Waals surface area contributed by atoms with Crippen LogP contribution in [-0.2, 0) is 0 Å². The van der Waals surface area contributed by atoms with Crippen LogP contribution in [0.4, 0.5) is 0 Å². The van der Waals surface area contributed by atoms with E-state index in [1.165, 1.54) is 64.8 Å². The zero-order valence-electron chi connectivity index (χ0n) is 10.2. The van der Waals surface area contributed by atoms with Gasteiger partial charge >= 0.3 is 0 Å². The van der Waals surface area contributed by atoms with E-state index in [0.29, 0.717) is 0 Å². The number of hydrogen-bond donors (Lipinski definition) is 1. The van der Waals surface area contributed by atoms with Gasteiger partial charge in [-0.15, -0.1) is 0 Å². The van der Waals surface area contributed by atoms with Crippen molar-refractivity contribution < 1.29 is 0 Å². The fourth-order valence-electron chi connectivity index (χ4n) is 2.61. The Labute approximate surface area is 94.4 Å². The van der Waals surface area contributed by atoms with Crippen molar-refractivity contribution in [3.05, 3.63) is 0 Å². The highest BCUT2D eigenvalue weighted by molar-refractivity contribution is 4.77. The number of nitrogens with one attached hydrogen (secondary N) is 1. The van der Waals surface area contributed by atoms with Gasteiger partial charge in [-0.3, -0.25) is 0 Å². The average molecular weight is 210 g/mol. The summed E-state index contributed by atoms with van der Waals surface area (Å²) < 4.78 is 0. The van der Waals surface area contributed by atoms with Crippen molar-refractivity contribution in [3.8, 4) is 0 Å². The molecule has 15 heavy (non-hydrogen) atoms. The summed E-state index contributed by atoms with van der Waals surface area (Å²) in [5.74, 6) is 2.03. The third kappa shape index (κ3) is 4.12. The first-order chi connectivity index (χ1) is 7.38. The Kier molecular flexibility index (Phi) is 4.45. The molecule has 2 rings (SSSR count). The van der Waals surface area contributed by atoms with Gasteiger partial charge in [0, 0.05) is 6.54 Å². The third-order valence-corrected chi connectivity index (χ3v) is 3.91. The molecule has 2 nitrogen and oxygen atoms in total. The maximum atomic E-state index is 3.45. The van der Waals surface area contributed by atoms with Gasteiger partial charge < -0.3 is 10.2 Å². The zero-order chi connectivity index (χ0) is 10.5. The van der Waals surface area contributed by atoms with E-state index in [0.717, 1.165) is 11.8 Å². The molecule has 1 saturated carbocycles. The van der Waals surface area contributed by atoms with E-state index in [1.54, 1.807) is 0 Å². The van der Waals surface area contributed by atoms with Crippen LogP contribution in [0.5, 0.6) is 0 Å². The first-order valence-electron chi connectivity index (χ1n) is 6.81. The van der Waals surface area contributed by atoms with Gasteiger partial charge in [-0.25, -0.2) is 0 Å². The quantitative estimate of drug-likeness (QED) is 0.692. The van der Waals surface area contributed by atoms with Crippen LogP contribution >= 0.6 is 0 Å². The molecule has 0 aromatic heterocycles. The second-order valence-electron chi connectivity index (χ2n) is 5.34. The molecule has 0 radical (unpaired) electrons. The Morgan fingerprint density at radius 2 is 2.07 bits per heavy atom. The molecule has 0 aromatic carbocycles. The molecule has 0 amide bonds. The Morgan fingerprint density at radius 3 is 2.67 bits per heavy atom. The minimum Gasteiger partial charge on any atom is -0.316 e.